The standard InChI is InChI=1S/C13H17NO/c1-2-3-7-14-8-6-11-12(14)9-10-4-5-13(11)15-10/h4-6,8,10,13H,2-3,7,9H2,1H3/t10-,13+/m1/s1. The van der Waals surface area contributed by atoms with E-state index >= 15 is 0 Å². The number of fused-ring (bicyclic) bond motifs is 4. The van der Waals surface area contributed by atoms with Gasteiger partial charge in [-0.3, -0.25) is 0 Å². The fourth-order valence-corrected chi connectivity index (χ4v) is 2.54. The maximum Gasteiger partial charge on any atom is 0.103 e. The fraction of sp³-hybridized carbons (Fsp3) is 0.538. The molecule has 3 rings (SSSR count). The summed E-state index contributed by atoms with van der Waals surface area (Å²) in [5.41, 5.74) is 2.88. The minimum atomic E-state index is 0.238. The zero-order valence-electron chi connectivity index (χ0n) is 9.15. The zero-order chi connectivity index (χ0) is 10.3. The molecule has 0 spiro atoms. The highest BCUT2D eigenvalue weighted by atomic mass is 16.5. The molecule has 2 aliphatic heterocycles. The minimum Gasteiger partial charge on any atom is -0.362 e. The molecule has 0 aliphatic carbocycles. The van der Waals surface area contributed by atoms with E-state index in [1.807, 2.05) is 0 Å². The summed E-state index contributed by atoms with van der Waals surface area (Å²) in [6.45, 7) is 3.40. The molecular formula is C13H17NO. The van der Waals surface area contributed by atoms with Crippen LogP contribution < -0.4 is 0 Å². The SMILES string of the molecule is CCCCn1ccc2c1C[C@H]1C=C[C@@H]2O1. The van der Waals surface area contributed by atoms with Gasteiger partial charge in [-0.2, -0.15) is 0 Å². The van der Waals surface area contributed by atoms with Crippen molar-refractivity contribution in [2.24, 2.45) is 0 Å². The lowest BCUT2D eigenvalue weighted by Gasteiger charge is -2.23. The van der Waals surface area contributed by atoms with E-state index in [-0.39, 0.29) is 6.10 Å². The third-order valence-corrected chi connectivity index (χ3v) is 3.39. The number of unbranched alkanes of at least 4 members (excludes halogenated alkanes) is 1. The highest BCUT2D eigenvalue weighted by Gasteiger charge is 2.31. The van der Waals surface area contributed by atoms with Crippen LogP contribution in [0.2, 0.25) is 0 Å². The molecular weight excluding hydrogens is 186 g/mol. The minimum absolute atomic E-state index is 0.238. The summed E-state index contributed by atoms with van der Waals surface area (Å²) < 4.78 is 8.23. The van der Waals surface area contributed by atoms with Gasteiger partial charge in [0, 0.05) is 30.4 Å². The first-order chi connectivity index (χ1) is 7.38. The molecule has 0 aromatic carbocycles. The van der Waals surface area contributed by atoms with Gasteiger partial charge in [-0.1, -0.05) is 25.5 Å². The van der Waals surface area contributed by atoms with Gasteiger partial charge in [-0.25, -0.2) is 0 Å². The lowest BCUT2D eigenvalue weighted by atomic mass is 10.1. The van der Waals surface area contributed by atoms with Gasteiger partial charge in [-0.15, -0.1) is 0 Å². The second-order valence-electron chi connectivity index (χ2n) is 4.45. The average molecular weight is 203 g/mol. The number of hydrogen-bond donors (Lipinski definition) is 0. The molecule has 2 atom stereocenters. The summed E-state index contributed by atoms with van der Waals surface area (Å²) in [6, 6.07) is 2.22. The molecule has 0 N–H and O–H groups in total. The fourth-order valence-electron chi connectivity index (χ4n) is 2.54. The summed E-state index contributed by atoms with van der Waals surface area (Å²) in [6.07, 6.45) is 10.8. The number of rotatable bonds is 3. The second-order valence-corrected chi connectivity index (χ2v) is 4.45. The van der Waals surface area contributed by atoms with Crippen LogP contribution in [0.25, 0.3) is 0 Å². The molecule has 15 heavy (non-hydrogen) atoms. The van der Waals surface area contributed by atoms with Crippen LogP contribution >= 0.6 is 0 Å². The lowest BCUT2D eigenvalue weighted by Crippen LogP contribution is -2.20. The van der Waals surface area contributed by atoms with Crippen LogP contribution in [0, 0.1) is 0 Å². The molecule has 0 radical (unpaired) electrons. The molecule has 2 aliphatic rings. The monoisotopic (exact) mass is 203 g/mol. The van der Waals surface area contributed by atoms with Gasteiger partial charge in [0.2, 0.25) is 0 Å². The van der Waals surface area contributed by atoms with Crippen LogP contribution in [-0.4, -0.2) is 10.7 Å². The van der Waals surface area contributed by atoms with Crippen molar-refractivity contribution < 1.29 is 4.74 Å². The molecule has 1 aromatic rings. The van der Waals surface area contributed by atoms with E-state index in [2.05, 4.69) is 35.9 Å². The third-order valence-electron chi connectivity index (χ3n) is 3.39. The van der Waals surface area contributed by atoms with Gasteiger partial charge in [0.05, 0.1) is 6.10 Å². The van der Waals surface area contributed by atoms with E-state index in [9.17, 15) is 0 Å². The van der Waals surface area contributed by atoms with Crippen LogP contribution in [0.3, 0.4) is 0 Å². The van der Waals surface area contributed by atoms with Crippen LogP contribution in [0.4, 0.5) is 0 Å². The van der Waals surface area contributed by atoms with E-state index in [1.165, 1.54) is 24.1 Å². The summed E-state index contributed by atoms with van der Waals surface area (Å²) >= 11 is 0. The van der Waals surface area contributed by atoms with Gasteiger partial charge in [0.25, 0.3) is 0 Å². The summed E-state index contributed by atoms with van der Waals surface area (Å²) in [4.78, 5) is 0. The Morgan fingerprint density at radius 1 is 1.47 bits per heavy atom. The molecule has 0 saturated heterocycles. The van der Waals surface area contributed by atoms with Crippen molar-refractivity contribution in [2.45, 2.75) is 44.9 Å². The Kier molecular flexibility index (Phi) is 2.17. The summed E-state index contributed by atoms with van der Waals surface area (Å²) in [5, 5.41) is 0. The first-order valence-electron chi connectivity index (χ1n) is 5.90. The molecule has 80 valence electrons. The van der Waals surface area contributed by atoms with Crippen molar-refractivity contribution in [1.29, 1.82) is 0 Å². The van der Waals surface area contributed by atoms with E-state index in [0.29, 0.717) is 6.10 Å². The van der Waals surface area contributed by atoms with Crippen molar-refractivity contribution in [3.05, 3.63) is 35.7 Å². The van der Waals surface area contributed by atoms with Gasteiger partial charge in [0.1, 0.15) is 6.10 Å². The molecule has 2 nitrogen and oxygen atoms in total. The number of ether oxygens (including phenoxy) is 1. The Balaban J connectivity index is 1.89. The molecule has 0 unspecified atom stereocenters. The van der Waals surface area contributed by atoms with Crippen molar-refractivity contribution >= 4 is 0 Å². The Morgan fingerprint density at radius 3 is 3.27 bits per heavy atom. The van der Waals surface area contributed by atoms with Crippen LogP contribution in [0.15, 0.2) is 24.4 Å². The number of nitrogens with zero attached hydrogens (tertiary/aromatic N) is 1. The lowest BCUT2D eigenvalue weighted by molar-refractivity contribution is 0.0464. The van der Waals surface area contributed by atoms with Crippen LogP contribution in [0.5, 0.6) is 0 Å². The van der Waals surface area contributed by atoms with Crippen molar-refractivity contribution in [3.63, 3.8) is 0 Å². The van der Waals surface area contributed by atoms with E-state index in [0.717, 1.165) is 13.0 Å². The second kappa shape index (κ2) is 3.53. The molecule has 0 saturated carbocycles. The highest BCUT2D eigenvalue weighted by molar-refractivity contribution is 5.34. The molecule has 3 heterocycles. The van der Waals surface area contributed by atoms with Crippen molar-refractivity contribution in [3.8, 4) is 0 Å². The Hall–Kier alpha value is -1.02. The topological polar surface area (TPSA) is 14.2 Å². The largest absolute Gasteiger partial charge is 0.362 e. The highest BCUT2D eigenvalue weighted by Crippen LogP contribution is 2.36. The normalized spacial score (nSPS) is 27.0. The maximum absolute atomic E-state index is 5.82. The average Bonchev–Trinajstić information content (AvgIpc) is 2.82. The Labute approximate surface area is 90.5 Å². The zero-order valence-corrected chi connectivity index (χ0v) is 9.15. The number of hydrogen-bond acceptors (Lipinski definition) is 1. The first-order valence-corrected chi connectivity index (χ1v) is 5.90. The third kappa shape index (κ3) is 1.44. The predicted molar refractivity (Wildman–Crippen MR) is 59.8 cm³/mol. The number of aromatic nitrogens is 1. The molecule has 0 fully saturated rings. The molecule has 0 amide bonds. The van der Waals surface area contributed by atoms with E-state index < -0.39 is 0 Å². The summed E-state index contributed by atoms with van der Waals surface area (Å²) in [7, 11) is 0. The maximum atomic E-state index is 5.82. The number of aryl methyl sites for hydroxylation is 1. The van der Waals surface area contributed by atoms with Gasteiger partial charge >= 0.3 is 0 Å². The van der Waals surface area contributed by atoms with Gasteiger partial charge in [0.15, 0.2) is 0 Å². The Bertz CT molecular complexity index is 391. The predicted octanol–water partition coefficient (Wildman–Crippen LogP) is 2.84. The first kappa shape index (κ1) is 9.22. The van der Waals surface area contributed by atoms with Crippen molar-refractivity contribution in [1.82, 2.24) is 4.57 Å². The van der Waals surface area contributed by atoms with E-state index in [1.54, 1.807) is 0 Å². The van der Waals surface area contributed by atoms with Crippen LogP contribution in [0.1, 0.15) is 37.1 Å². The van der Waals surface area contributed by atoms with Crippen LogP contribution in [-0.2, 0) is 17.7 Å². The molecule has 2 heteroatoms. The summed E-state index contributed by atoms with van der Waals surface area (Å²) in [5.74, 6) is 0. The quantitative estimate of drug-likeness (QED) is 0.689. The van der Waals surface area contributed by atoms with E-state index in [4.69, 9.17) is 4.74 Å². The molecule has 2 bridgehead atoms. The Morgan fingerprint density at radius 2 is 2.40 bits per heavy atom. The van der Waals surface area contributed by atoms with Gasteiger partial charge in [-0.05, 0) is 12.5 Å². The van der Waals surface area contributed by atoms with Gasteiger partial charge < -0.3 is 9.30 Å². The smallest absolute Gasteiger partial charge is 0.103 e. The molecule has 1 aromatic heterocycles. The van der Waals surface area contributed by atoms with Crippen molar-refractivity contribution in [2.75, 3.05) is 0 Å².